The Morgan fingerprint density at radius 1 is 0.800 bits per heavy atom. The van der Waals surface area contributed by atoms with E-state index < -0.39 is 10.2 Å². The van der Waals surface area contributed by atoms with E-state index in [1.165, 1.54) is 0 Å². The Morgan fingerprint density at radius 2 is 0.800 bits per heavy atom. The maximum atomic E-state index is 8.25. The van der Waals surface area contributed by atoms with Gasteiger partial charge in [-0.1, -0.05) is 0 Å². The summed E-state index contributed by atoms with van der Waals surface area (Å²) < 4.78 is 0. The molecule has 0 radical (unpaired) electrons. The molecule has 9 nitrogen and oxygen atoms in total. The summed E-state index contributed by atoms with van der Waals surface area (Å²) in [6.07, 6.45) is 0. The molecule has 10 heteroatoms. The first-order valence-corrected chi connectivity index (χ1v) is 1.10. The van der Waals surface area contributed by atoms with Crippen LogP contribution in [0, 0.1) is 30.6 Å². The summed E-state index contributed by atoms with van der Waals surface area (Å²) in [4.78, 5) is 16.5. The molecule has 10 heavy (non-hydrogen) atoms. The van der Waals surface area contributed by atoms with Crippen molar-refractivity contribution in [3.05, 3.63) is 30.6 Å². The number of hydrogen-bond acceptors (Lipinski definition) is 6. The molecule has 2 N–H and O–H groups in total. The molecule has 0 unspecified atom stereocenters. The third kappa shape index (κ3) is 350. The van der Waals surface area contributed by atoms with Gasteiger partial charge in [-0.05, 0) is 0 Å². The Balaban J connectivity index is -0.0000000300. The van der Waals surface area contributed by atoms with Crippen LogP contribution < -0.4 is 0 Å². The van der Waals surface area contributed by atoms with Crippen LogP contribution >= 0.6 is 0 Å². The van der Waals surface area contributed by atoms with Gasteiger partial charge in [-0.2, -0.15) is 0 Å². The van der Waals surface area contributed by atoms with Gasteiger partial charge in [0.05, 0.1) is 10.2 Å². The molecule has 0 aromatic heterocycles. The van der Waals surface area contributed by atoms with E-state index in [-0.39, 0.29) is 28.5 Å². The fourth-order valence-corrected chi connectivity index (χ4v) is 0. The predicted octanol–water partition coefficient (Wildman–Crippen LogP) is -1.68. The Labute approximate surface area is 69.9 Å². The van der Waals surface area contributed by atoms with Crippen molar-refractivity contribution in [1.82, 2.24) is 0 Å². The summed E-state index contributed by atoms with van der Waals surface area (Å²) in [7, 11) is 0. The third-order valence-electron chi connectivity index (χ3n) is 0. The minimum Gasteiger partial charge on any atom is -0.412 e. The maximum absolute atomic E-state index is 8.25. The van der Waals surface area contributed by atoms with Crippen molar-refractivity contribution in [2.75, 3.05) is 0 Å². The standard InChI is InChI=1S/Mg.2NO3.H2O/c;2*2-1(3)4;/h;;;1H2/q+2;2*-1;. The molecule has 0 saturated heterocycles. The molecule has 0 fully saturated rings. The van der Waals surface area contributed by atoms with Crippen LogP contribution in [0.3, 0.4) is 0 Å². The third-order valence-corrected chi connectivity index (χ3v) is 0. The van der Waals surface area contributed by atoms with Gasteiger partial charge < -0.3 is 36.1 Å². The smallest absolute Gasteiger partial charge is 0.412 e. The Morgan fingerprint density at radius 3 is 0.800 bits per heavy atom. The molecule has 0 spiro atoms. The van der Waals surface area contributed by atoms with Gasteiger partial charge in [0.1, 0.15) is 0 Å². The van der Waals surface area contributed by atoms with E-state index in [2.05, 4.69) is 0 Å². The van der Waals surface area contributed by atoms with Crippen molar-refractivity contribution >= 4 is 23.1 Å². The van der Waals surface area contributed by atoms with Gasteiger partial charge in [-0.3, -0.25) is 0 Å². The first-order valence-electron chi connectivity index (χ1n) is 1.10. The van der Waals surface area contributed by atoms with Crippen LogP contribution in [-0.2, 0) is 0 Å². The average Bonchev–Trinajstić information content (AvgIpc) is 1.25. The molecule has 0 aromatic carbocycles. The van der Waals surface area contributed by atoms with Crippen LogP contribution in [0.4, 0.5) is 0 Å². The largest absolute Gasteiger partial charge is 2.00 e. The van der Waals surface area contributed by atoms with Crippen LogP contribution in [0.5, 0.6) is 0 Å². The molecule has 0 heterocycles. The summed E-state index contributed by atoms with van der Waals surface area (Å²) >= 11 is 0. The number of rotatable bonds is 0. The molecular weight excluding hydrogens is 164 g/mol. The Hall–Kier alpha value is -0.874. The van der Waals surface area contributed by atoms with Crippen molar-refractivity contribution in [2.45, 2.75) is 0 Å². The molecule has 0 atom stereocenters. The van der Waals surface area contributed by atoms with Gasteiger partial charge in [0, 0.05) is 0 Å². The summed E-state index contributed by atoms with van der Waals surface area (Å²) in [5.74, 6) is 0. The Bertz CT molecular complexity index is 69.6. The van der Waals surface area contributed by atoms with Crippen LogP contribution in [0.15, 0.2) is 0 Å². The topological polar surface area (TPSA) is 164 Å². The Kier molecular flexibility index (Phi) is 36.0. The molecule has 0 saturated carbocycles. The maximum Gasteiger partial charge on any atom is 2.00 e. The zero-order valence-electron chi connectivity index (χ0n) is 4.55. The monoisotopic (exact) mass is 166 g/mol. The molecule has 0 aromatic rings. The van der Waals surface area contributed by atoms with E-state index in [9.17, 15) is 0 Å². The van der Waals surface area contributed by atoms with Gasteiger partial charge in [0.15, 0.2) is 0 Å². The zero-order valence-corrected chi connectivity index (χ0v) is 5.97. The molecular formula is H2MgN2O7. The van der Waals surface area contributed by atoms with Crippen molar-refractivity contribution in [1.29, 1.82) is 0 Å². The first kappa shape index (κ1) is 22.9. The second-order valence-corrected chi connectivity index (χ2v) is 0.447. The van der Waals surface area contributed by atoms with Gasteiger partial charge >= 0.3 is 23.1 Å². The van der Waals surface area contributed by atoms with Crippen LogP contribution in [0.25, 0.3) is 0 Å². The van der Waals surface area contributed by atoms with Gasteiger partial charge in [0.25, 0.3) is 0 Å². The molecule has 0 aliphatic rings. The van der Waals surface area contributed by atoms with E-state index in [1.54, 1.807) is 0 Å². The van der Waals surface area contributed by atoms with Crippen LogP contribution in [-0.4, -0.2) is 38.7 Å². The molecule has 0 aliphatic carbocycles. The normalized spacial score (nSPS) is 4.80. The summed E-state index contributed by atoms with van der Waals surface area (Å²) in [6.45, 7) is 0. The first-order chi connectivity index (χ1) is 3.46. The van der Waals surface area contributed by atoms with E-state index in [4.69, 9.17) is 30.6 Å². The SMILES string of the molecule is O.O=[N+]([O-])[O-].O=[N+]([O-])[O-].[Mg+2]. The van der Waals surface area contributed by atoms with Gasteiger partial charge in [-0.25, -0.2) is 0 Å². The number of nitrogens with zero attached hydrogens (tertiary/aromatic N) is 2. The van der Waals surface area contributed by atoms with Crippen LogP contribution in [0.2, 0.25) is 0 Å². The van der Waals surface area contributed by atoms with E-state index in [1.807, 2.05) is 0 Å². The molecule has 0 aliphatic heterocycles. The summed E-state index contributed by atoms with van der Waals surface area (Å²) in [5.41, 5.74) is 0. The van der Waals surface area contributed by atoms with E-state index >= 15 is 0 Å². The van der Waals surface area contributed by atoms with Gasteiger partial charge in [0.2, 0.25) is 0 Å². The van der Waals surface area contributed by atoms with E-state index in [0.29, 0.717) is 0 Å². The second-order valence-electron chi connectivity index (χ2n) is 0.447. The molecule has 0 amide bonds. The van der Waals surface area contributed by atoms with Crippen molar-refractivity contribution in [3.63, 3.8) is 0 Å². The minimum atomic E-state index is -1.75. The van der Waals surface area contributed by atoms with Gasteiger partial charge in [-0.15, -0.1) is 0 Å². The fourth-order valence-electron chi connectivity index (χ4n) is 0. The zero-order chi connectivity index (χ0) is 7.15. The molecule has 0 bridgehead atoms. The van der Waals surface area contributed by atoms with Crippen molar-refractivity contribution < 1.29 is 15.6 Å². The van der Waals surface area contributed by atoms with Crippen molar-refractivity contribution in [2.24, 2.45) is 0 Å². The quantitative estimate of drug-likeness (QED) is 0.237. The number of hydrogen-bond donors (Lipinski definition) is 0. The molecule has 0 rings (SSSR count). The van der Waals surface area contributed by atoms with Crippen molar-refractivity contribution in [3.8, 4) is 0 Å². The van der Waals surface area contributed by atoms with Crippen LogP contribution in [0.1, 0.15) is 0 Å². The average molecular weight is 166 g/mol. The predicted molar refractivity (Wildman–Crippen MR) is 30.1 cm³/mol. The minimum absolute atomic E-state index is 0. The molecule has 56 valence electrons. The summed E-state index contributed by atoms with van der Waals surface area (Å²) in [5, 5.41) is 29.5. The fraction of sp³-hybridized carbons (Fsp3) is 0. The van der Waals surface area contributed by atoms with E-state index in [0.717, 1.165) is 0 Å². The summed E-state index contributed by atoms with van der Waals surface area (Å²) in [6, 6.07) is 0. The second kappa shape index (κ2) is 15.7.